The minimum atomic E-state index is -1.05. The van der Waals surface area contributed by atoms with Crippen LogP contribution in [0.25, 0.3) is 0 Å². The summed E-state index contributed by atoms with van der Waals surface area (Å²) in [6, 6.07) is 14.7. The van der Waals surface area contributed by atoms with Crippen LogP contribution in [0.1, 0.15) is 35.6 Å². The molecule has 2 N–H and O–H groups in total. The number of urea groups is 1. The number of benzene rings is 2. The topological polar surface area (TPSA) is 84.5 Å². The van der Waals surface area contributed by atoms with Crippen molar-refractivity contribution in [2.24, 2.45) is 0 Å². The minimum Gasteiger partial charge on any atom is -0.452 e. The fourth-order valence-electron chi connectivity index (χ4n) is 3.23. The van der Waals surface area contributed by atoms with Gasteiger partial charge in [-0.05, 0) is 48.4 Å². The number of aryl methyl sites for hydroxylation is 2. The Labute approximate surface area is 164 Å². The van der Waals surface area contributed by atoms with Crippen molar-refractivity contribution in [1.82, 2.24) is 10.6 Å². The SMILES string of the molecule is C[C@@H](OC(=O)Cc1ccc2c(c1)CCC2)C(=O)NC(=O)NCc1ccccc1. The Bertz CT molecular complexity index is 864. The molecule has 0 saturated heterocycles. The molecular weight excluding hydrogens is 356 g/mol. The van der Waals surface area contributed by atoms with Gasteiger partial charge in [0.05, 0.1) is 6.42 Å². The van der Waals surface area contributed by atoms with Crippen LogP contribution in [0.4, 0.5) is 4.79 Å². The third-order valence-corrected chi connectivity index (χ3v) is 4.72. The largest absolute Gasteiger partial charge is 0.452 e. The van der Waals surface area contributed by atoms with E-state index < -0.39 is 24.0 Å². The Morgan fingerprint density at radius 2 is 1.75 bits per heavy atom. The summed E-state index contributed by atoms with van der Waals surface area (Å²) in [5, 5.41) is 4.78. The van der Waals surface area contributed by atoms with Crippen LogP contribution in [0, 0.1) is 0 Å². The Morgan fingerprint density at radius 3 is 2.54 bits per heavy atom. The molecular formula is C22H24N2O4. The molecule has 0 fully saturated rings. The molecule has 2 aromatic rings. The zero-order chi connectivity index (χ0) is 19.9. The lowest BCUT2D eigenvalue weighted by molar-refractivity contribution is -0.153. The Morgan fingerprint density at radius 1 is 1.00 bits per heavy atom. The van der Waals surface area contributed by atoms with Crippen molar-refractivity contribution < 1.29 is 19.1 Å². The maximum absolute atomic E-state index is 12.1. The van der Waals surface area contributed by atoms with E-state index in [1.165, 1.54) is 18.1 Å². The van der Waals surface area contributed by atoms with E-state index in [2.05, 4.69) is 16.7 Å². The molecule has 0 bridgehead atoms. The van der Waals surface area contributed by atoms with Crippen LogP contribution in [0.15, 0.2) is 48.5 Å². The minimum absolute atomic E-state index is 0.102. The quantitative estimate of drug-likeness (QED) is 0.755. The first-order valence-corrected chi connectivity index (χ1v) is 9.44. The van der Waals surface area contributed by atoms with Crippen LogP contribution in [-0.2, 0) is 40.1 Å². The van der Waals surface area contributed by atoms with Gasteiger partial charge in [-0.25, -0.2) is 4.79 Å². The maximum Gasteiger partial charge on any atom is 0.321 e. The maximum atomic E-state index is 12.1. The lowest BCUT2D eigenvalue weighted by Crippen LogP contribution is -2.44. The molecule has 1 atom stereocenters. The Hall–Kier alpha value is -3.15. The van der Waals surface area contributed by atoms with Gasteiger partial charge in [0.1, 0.15) is 0 Å². The van der Waals surface area contributed by atoms with Gasteiger partial charge in [-0.3, -0.25) is 14.9 Å². The molecule has 3 rings (SSSR count). The molecule has 0 aromatic heterocycles. The standard InChI is InChI=1S/C22H24N2O4/c1-15(21(26)24-22(27)23-14-16-6-3-2-4-7-16)28-20(25)13-17-10-11-18-8-5-9-19(18)12-17/h2-4,6-7,10-12,15H,5,8-9,13-14H2,1H3,(H2,23,24,26,27)/t15-/m1/s1. The highest BCUT2D eigenvalue weighted by molar-refractivity contribution is 5.97. The number of hydrogen-bond donors (Lipinski definition) is 2. The predicted molar refractivity (Wildman–Crippen MR) is 105 cm³/mol. The fourth-order valence-corrected chi connectivity index (χ4v) is 3.23. The van der Waals surface area contributed by atoms with E-state index in [0.29, 0.717) is 6.54 Å². The van der Waals surface area contributed by atoms with Crippen molar-refractivity contribution >= 4 is 17.9 Å². The van der Waals surface area contributed by atoms with Crippen molar-refractivity contribution in [2.45, 2.75) is 45.3 Å². The molecule has 28 heavy (non-hydrogen) atoms. The average molecular weight is 380 g/mol. The summed E-state index contributed by atoms with van der Waals surface area (Å²) >= 11 is 0. The number of carbonyl (C=O) groups excluding carboxylic acids is 3. The Balaban J connectivity index is 1.43. The molecule has 0 saturated carbocycles. The number of amides is 3. The van der Waals surface area contributed by atoms with Gasteiger partial charge in [-0.15, -0.1) is 0 Å². The molecule has 0 radical (unpaired) electrons. The smallest absolute Gasteiger partial charge is 0.321 e. The van der Waals surface area contributed by atoms with Gasteiger partial charge >= 0.3 is 12.0 Å². The Kier molecular flexibility index (Phi) is 6.42. The molecule has 0 spiro atoms. The van der Waals surface area contributed by atoms with Crippen molar-refractivity contribution in [3.8, 4) is 0 Å². The summed E-state index contributed by atoms with van der Waals surface area (Å²) in [6.07, 6.45) is 2.32. The number of hydrogen-bond acceptors (Lipinski definition) is 4. The monoisotopic (exact) mass is 380 g/mol. The third kappa shape index (κ3) is 5.42. The molecule has 0 aliphatic heterocycles. The molecule has 1 aliphatic rings. The molecule has 0 heterocycles. The van der Waals surface area contributed by atoms with Crippen LogP contribution < -0.4 is 10.6 Å². The summed E-state index contributed by atoms with van der Waals surface area (Å²) in [4.78, 5) is 36.0. The van der Waals surface area contributed by atoms with Gasteiger partial charge in [0.15, 0.2) is 6.10 Å². The summed E-state index contributed by atoms with van der Waals surface area (Å²) in [5.74, 6) is -1.15. The number of esters is 1. The molecule has 3 amide bonds. The first-order chi connectivity index (χ1) is 13.5. The second kappa shape index (κ2) is 9.17. The van der Waals surface area contributed by atoms with Crippen LogP contribution >= 0.6 is 0 Å². The molecule has 6 heteroatoms. The molecule has 6 nitrogen and oxygen atoms in total. The van der Waals surface area contributed by atoms with Gasteiger partial charge in [-0.2, -0.15) is 0 Å². The van der Waals surface area contributed by atoms with E-state index in [-0.39, 0.29) is 6.42 Å². The van der Waals surface area contributed by atoms with Crippen molar-refractivity contribution in [1.29, 1.82) is 0 Å². The first kappa shape index (κ1) is 19.6. The summed E-state index contributed by atoms with van der Waals surface area (Å²) in [6.45, 7) is 1.74. The summed E-state index contributed by atoms with van der Waals surface area (Å²) in [5.41, 5.74) is 4.41. The first-order valence-electron chi connectivity index (χ1n) is 9.44. The molecule has 146 valence electrons. The lowest BCUT2D eigenvalue weighted by Gasteiger charge is -2.14. The highest BCUT2D eigenvalue weighted by atomic mass is 16.5. The van der Waals surface area contributed by atoms with E-state index >= 15 is 0 Å². The van der Waals surface area contributed by atoms with Crippen LogP contribution in [0.2, 0.25) is 0 Å². The molecule has 1 aliphatic carbocycles. The number of ether oxygens (including phenoxy) is 1. The van der Waals surface area contributed by atoms with Crippen LogP contribution in [0.5, 0.6) is 0 Å². The number of carbonyl (C=O) groups is 3. The van der Waals surface area contributed by atoms with Gasteiger partial charge in [0.25, 0.3) is 5.91 Å². The van der Waals surface area contributed by atoms with Crippen molar-refractivity contribution in [3.63, 3.8) is 0 Å². The van der Waals surface area contributed by atoms with Gasteiger partial charge in [0, 0.05) is 6.54 Å². The second-order valence-electron chi connectivity index (χ2n) is 6.92. The molecule has 2 aromatic carbocycles. The zero-order valence-electron chi connectivity index (χ0n) is 15.9. The van der Waals surface area contributed by atoms with E-state index in [9.17, 15) is 14.4 Å². The summed E-state index contributed by atoms with van der Waals surface area (Å²) < 4.78 is 5.17. The number of nitrogens with one attached hydrogen (secondary N) is 2. The van der Waals surface area contributed by atoms with E-state index in [0.717, 1.165) is 30.4 Å². The van der Waals surface area contributed by atoms with Crippen molar-refractivity contribution in [3.05, 3.63) is 70.8 Å². The lowest BCUT2D eigenvalue weighted by atomic mass is 10.0. The van der Waals surface area contributed by atoms with E-state index in [1.807, 2.05) is 42.5 Å². The number of fused-ring (bicyclic) bond motifs is 1. The normalized spacial score (nSPS) is 13.3. The molecule has 0 unspecified atom stereocenters. The zero-order valence-corrected chi connectivity index (χ0v) is 15.9. The van der Waals surface area contributed by atoms with Gasteiger partial charge in [-0.1, -0.05) is 48.5 Å². The summed E-state index contributed by atoms with van der Waals surface area (Å²) in [7, 11) is 0. The highest BCUT2D eigenvalue weighted by Gasteiger charge is 2.20. The van der Waals surface area contributed by atoms with Crippen molar-refractivity contribution in [2.75, 3.05) is 0 Å². The predicted octanol–water partition coefficient (Wildman–Crippen LogP) is 2.68. The third-order valence-electron chi connectivity index (χ3n) is 4.72. The average Bonchev–Trinajstić information content (AvgIpc) is 3.15. The number of rotatable bonds is 6. The van der Waals surface area contributed by atoms with E-state index in [1.54, 1.807) is 0 Å². The van der Waals surface area contributed by atoms with Gasteiger partial charge in [0.2, 0.25) is 0 Å². The van der Waals surface area contributed by atoms with Crippen LogP contribution in [-0.4, -0.2) is 24.0 Å². The highest BCUT2D eigenvalue weighted by Crippen LogP contribution is 2.23. The fraction of sp³-hybridized carbons (Fsp3) is 0.318. The number of imide groups is 1. The van der Waals surface area contributed by atoms with Gasteiger partial charge < -0.3 is 10.1 Å². The second-order valence-corrected chi connectivity index (χ2v) is 6.92. The van der Waals surface area contributed by atoms with E-state index in [4.69, 9.17) is 4.74 Å². The van der Waals surface area contributed by atoms with Crippen LogP contribution in [0.3, 0.4) is 0 Å².